The zero-order valence-corrected chi connectivity index (χ0v) is 12.9. The van der Waals surface area contributed by atoms with E-state index in [0.717, 1.165) is 5.56 Å². The van der Waals surface area contributed by atoms with Crippen molar-refractivity contribution < 1.29 is 13.6 Å². The summed E-state index contributed by atoms with van der Waals surface area (Å²) in [5.41, 5.74) is 1.51. The first-order chi connectivity index (χ1) is 10.6. The van der Waals surface area contributed by atoms with Crippen LogP contribution in [0.15, 0.2) is 59.5 Å². The van der Waals surface area contributed by atoms with E-state index in [1.807, 2.05) is 37.3 Å². The number of carbonyl (C=O) groups excluding carboxylic acids is 1. The molecule has 2 aromatic carbocycles. The van der Waals surface area contributed by atoms with E-state index in [4.69, 9.17) is 0 Å². The Hall–Kier alpha value is -1.88. The van der Waals surface area contributed by atoms with Crippen LogP contribution < -0.4 is 5.32 Å². The number of benzene rings is 2. The van der Waals surface area contributed by atoms with Crippen molar-refractivity contribution in [3.63, 3.8) is 0 Å². The number of para-hydroxylation sites is 1. The maximum Gasteiger partial charge on any atom is 0.288 e. The molecule has 0 aromatic heterocycles. The molecule has 1 amide bonds. The highest BCUT2D eigenvalue weighted by molar-refractivity contribution is 7.99. The molecule has 0 spiro atoms. The van der Waals surface area contributed by atoms with E-state index >= 15 is 0 Å². The number of halogens is 2. The van der Waals surface area contributed by atoms with Gasteiger partial charge in [0.05, 0.1) is 5.69 Å². The lowest BCUT2D eigenvalue weighted by Gasteiger charge is -2.14. The SMILES string of the molecule is C[C@@H](CC(=O)Nc1ccccc1SC(F)F)c1ccccc1. The van der Waals surface area contributed by atoms with E-state index in [2.05, 4.69) is 5.32 Å². The highest BCUT2D eigenvalue weighted by atomic mass is 32.2. The summed E-state index contributed by atoms with van der Waals surface area (Å²) in [5, 5.41) is 2.72. The quantitative estimate of drug-likeness (QED) is 0.747. The highest BCUT2D eigenvalue weighted by Gasteiger charge is 2.14. The van der Waals surface area contributed by atoms with E-state index in [0.29, 0.717) is 28.8 Å². The molecule has 1 atom stereocenters. The number of hydrogen-bond donors (Lipinski definition) is 1. The van der Waals surface area contributed by atoms with Crippen LogP contribution in [0.1, 0.15) is 24.8 Å². The molecule has 0 saturated carbocycles. The number of thioether (sulfide) groups is 1. The molecule has 2 aromatic rings. The number of nitrogens with one attached hydrogen (secondary N) is 1. The van der Waals surface area contributed by atoms with Gasteiger partial charge in [-0.3, -0.25) is 4.79 Å². The van der Waals surface area contributed by atoms with Gasteiger partial charge < -0.3 is 5.32 Å². The van der Waals surface area contributed by atoms with Crippen LogP contribution in [0, 0.1) is 0 Å². The summed E-state index contributed by atoms with van der Waals surface area (Å²) in [6.45, 7) is 1.97. The number of alkyl halides is 2. The molecule has 0 aliphatic rings. The maximum absolute atomic E-state index is 12.5. The second kappa shape index (κ2) is 7.94. The summed E-state index contributed by atoms with van der Waals surface area (Å²) >= 11 is 0.434. The lowest BCUT2D eigenvalue weighted by molar-refractivity contribution is -0.116. The minimum absolute atomic E-state index is 0.0658. The van der Waals surface area contributed by atoms with Crippen LogP contribution in [-0.2, 0) is 4.79 Å². The molecule has 0 bridgehead atoms. The lowest BCUT2D eigenvalue weighted by atomic mass is 9.97. The van der Waals surface area contributed by atoms with Gasteiger partial charge in [-0.2, -0.15) is 8.78 Å². The molecule has 0 saturated heterocycles. The predicted octanol–water partition coefficient (Wildman–Crippen LogP) is 5.13. The molecule has 2 rings (SSSR count). The lowest BCUT2D eigenvalue weighted by Crippen LogP contribution is -2.15. The van der Waals surface area contributed by atoms with Crippen molar-refractivity contribution in [2.75, 3.05) is 5.32 Å². The Morgan fingerprint density at radius 2 is 1.73 bits per heavy atom. The van der Waals surface area contributed by atoms with Crippen molar-refractivity contribution in [1.82, 2.24) is 0 Å². The zero-order valence-electron chi connectivity index (χ0n) is 12.1. The minimum Gasteiger partial charge on any atom is -0.325 e. The van der Waals surface area contributed by atoms with E-state index in [9.17, 15) is 13.6 Å². The summed E-state index contributed by atoms with van der Waals surface area (Å²) in [5.74, 6) is -2.63. The molecule has 0 aliphatic heterocycles. The van der Waals surface area contributed by atoms with E-state index in [1.165, 1.54) is 0 Å². The molecule has 0 heterocycles. The number of rotatable bonds is 6. The third-order valence-corrected chi connectivity index (χ3v) is 4.03. The Balaban J connectivity index is 2.00. The summed E-state index contributed by atoms with van der Waals surface area (Å²) in [4.78, 5) is 12.5. The fraction of sp³-hybridized carbons (Fsp3) is 0.235. The Morgan fingerprint density at radius 3 is 2.41 bits per heavy atom. The van der Waals surface area contributed by atoms with Gasteiger partial charge in [-0.15, -0.1) is 0 Å². The van der Waals surface area contributed by atoms with Gasteiger partial charge in [0.25, 0.3) is 5.76 Å². The summed E-state index contributed by atoms with van der Waals surface area (Å²) in [6.07, 6.45) is 0.303. The van der Waals surface area contributed by atoms with Crippen molar-refractivity contribution in [1.29, 1.82) is 0 Å². The van der Waals surface area contributed by atoms with Gasteiger partial charge in [0, 0.05) is 11.3 Å². The van der Waals surface area contributed by atoms with Crippen LogP contribution in [-0.4, -0.2) is 11.7 Å². The van der Waals surface area contributed by atoms with Crippen LogP contribution >= 0.6 is 11.8 Å². The number of amides is 1. The molecule has 0 aliphatic carbocycles. The van der Waals surface area contributed by atoms with Crippen LogP contribution in [0.25, 0.3) is 0 Å². The Labute approximate surface area is 132 Å². The Kier molecular flexibility index (Phi) is 5.95. The van der Waals surface area contributed by atoms with Crippen molar-refractivity contribution in [2.45, 2.75) is 29.9 Å². The third kappa shape index (κ3) is 4.84. The molecular formula is C17H17F2NOS. The molecule has 22 heavy (non-hydrogen) atoms. The van der Waals surface area contributed by atoms with Crippen LogP contribution in [0.4, 0.5) is 14.5 Å². The monoisotopic (exact) mass is 321 g/mol. The smallest absolute Gasteiger partial charge is 0.288 e. The first-order valence-corrected chi connectivity index (χ1v) is 7.83. The predicted molar refractivity (Wildman–Crippen MR) is 86.4 cm³/mol. The number of hydrogen-bond acceptors (Lipinski definition) is 2. The van der Waals surface area contributed by atoms with Crippen molar-refractivity contribution >= 4 is 23.4 Å². The topological polar surface area (TPSA) is 29.1 Å². The maximum atomic E-state index is 12.5. The summed E-state index contributed by atoms with van der Waals surface area (Å²) in [6, 6.07) is 16.3. The van der Waals surface area contributed by atoms with Gasteiger partial charge in [0.1, 0.15) is 0 Å². The summed E-state index contributed by atoms with van der Waals surface area (Å²) < 4.78 is 25.0. The second-order valence-electron chi connectivity index (χ2n) is 4.94. The Morgan fingerprint density at radius 1 is 1.09 bits per heavy atom. The average Bonchev–Trinajstić information content (AvgIpc) is 2.49. The zero-order chi connectivity index (χ0) is 15.9. The normalized spacial score (nSPS) is 12.2. The van der Waals surface area contributed by atoms with Gasteiger partial charge >= 0.3 is 0 Å². The molecule has 0 radical (unpaired) electrons. The number of carbonyl (C=O) groups is 1. The first-order valence-electron chi connectivity index (χ1n) is 6.95. The minimum atomic E-state index is -2.51. The van der Waals surface area contributed by atoms with Gasteiger partial charge in [0.15, 0.2) is 0 Å². The average molecular weight is 321 g/mol. The fourth-order valence-corrected chi connectivity index (χ4v) is 2.74. The second-order valence-corrected chi connectivity index (χ2v) is 5.97. The van der Waals surface area contributed by atoms with Gasteiger partial charge in [-0.1, -0.05) is 61.2 Å². The van der Waals surface area contributed by atoms with Crippen molar-refractivity contribution in [2.24, 2.45) is 0 Å². The molecule has 116 valence electrons. The molecule has 0 unspecified atom stereocenters. The molecule has 2 nitrogen and oxygen atoms in total. The molecule has 0 fully saturated rings. The fourth-order valence-electron chi connectivity index (χ4n) is 2.15. The van der Waals surface area contributed by atoms with E-state index in [-0.39, 0.29) is 11.8 Å². The molecular weight excluding hydrogens is 304 g/mol. The Bertz CT molecular complexity index is 619. The standard InChI is InChI=1S/C17H17F2NOS/c1-12(13-7-3-2-4-8-13)11-16(21)20-14-9-5-6-10-15(14)22-17(18)19/h2-10,12,17H,11H2,1H3,(H,20,21)/t12-/m0/s1. The van der Waals surface area contributed by atoms with Gasteiger partial charge in [0.2, 0.25) is 5.91 Å². The van der Waals surface area contributed by atoms with Crippen molar-refractivity contribution in [3.05, 3.63) is 60.2 Å². The molecule has 1 N–H and O–H groups in total. The van der Waals surface area contributed by atoms with Crippen LogP contribution in [0.5, 0.6) is 0 Å². The van der Waals surface area contributed by atoms with Crippen LogP contribution in [0.3, 0.4) is 0 Å². The third-order valence-electron chi connectivity index (χ3n) is 3.24. The van der Waals surface area contributed by atoms with E-state index < -0.39 is 5.76 Å². The largest absolute Gasteiger partial charge is 0.325 e. The first kappa shape index (κ1) is 16.5. The molecule has 5 heteroatoms. The summed E-state index contributed by atoms with van der Waals surface area (Å²) in [7, 11) is 0. The van der Waals surface area contributed by atoms with Crippen LogP contribution in [0.2, 0.25) is 0 Å². The number of anilines is 1. The van der Waals surface area contributed by atoms with Crippen molar-refractivity contribution in [3.8, 4) is 0 Å². The van der Waals surface area contributed by atoms with Gasteiger partial charge in [-0.25, -0.2) is 0 Å². The highest BCUT2D eigenvalue weighted by Crippen LogP contribution is 2.32. The van der Waals surface area contributed by atoms with E-state index in [1.54, 1.807) is 24.3 Å². The van der Waals surface area contributed by atoms with Gasteiger partial charge in [-0.05, 0) is 23.6 Å².